The quantitative estimate of drug-likeness (QED) is 0.750. The zero-order valence-corrected chi connectivity index (χ0v) is 13.6. The van der Waals surface area contributed by atoms with Gasteiger partial charge in [-0.05, 0) is 37.5 Å². The van der Waals surface area contributed by atoms with Gasteiger partial charge in [0.05, 0.1) is 10.4 Å². The third-order valence-electron chi connectivity index (χ3n) is 3.71. The van der Waals surface area contributed by atoms with Gasteiger partial charge >= 0.3 is 0 Å². The van der Waals surface area contributed by atoms with Crippen LogP contribution in [0.2, 0.25) is 0 Å². The van der Waals surface area contributed by atoms with Crippen LogP contribution in [0.3, 0.4) is 0 Å². The minimum absolute atomic E-state index is 0.206. The van der Waals surface area contributed by atoms with Gasteiger partial charge in [0.25, 0.3) is 0 Å². The normalized spacial score (nSPS) is 11.2. The number of amides is 1. The van der Waals surface area contributed by atoms with Crippen LogP contribution in [-0.4, -0.2) is 10.9 Å². The van der Waals surface area contributed by atoms with E-state index in [1.165, 1.54) is 12.1 Å². The van der Waals surface area contributed by atoms with Gasteiger partial charge < -0.3 is 11.1 Å². The second-order valence-corrected chi connectivity index (χ2v) is 5.80. The van der Waals surface area contributed by atoms with E-state index >= 15 is 0 Å². The number of aryl methyl sites for hydroxylation is 1. The fourth-order valence-corrected chi connectivity index (χ4v) is 2.83. The molecule has 5 heteroatoms. The van der Waals surface area contributed by atoms with Gasteiger partial charge in [-0.15, -0.1) is 0 Å². The highest BCUT2D eigenvalue weighted by atomic mass is 32.1. The van der Waals surface area contributed by atoms with Crippen LogP contribution < -0.4 is 11.1 Å². The molecular weight excluding hydrogens is 287 g/mol. The SMILES string of the molecule is CCCC(CCC)(C(=O)Nc1cc(F)ccc1C)C(N)=S. The molecule has 1 aromatic rings. The maximum Gasteiger partial charge on any atom is 0.237 e. The lowest BCUT2D eigenvalue weighted by Crippen LogP contribution is -2.46. The van der Waals surface area contributed by atoms with Gasteiger partial charge in [-0.1, -0.05) is 45.0 Å². The number of anilines is 1. The van der Waals surface area contributed by atoms with E-state index in [1.807, 2.05) is 20.8 Å². The van der Waals surface area contributed by atoms with E-state index in [2.05, 4.69) is 5.32 Å². The Bertz CT molecular complexity index is 525. The monoisotopic (exact) mass is 310 g/mol. The molecule has 0 spiro atoms. The Morgan fingerprint density at radius 2 is 1.90 bits per heavy atom. The summed E-state index contributed by atoms with van der Waals surface area (Å²) < 4.78 is 13.3. The zero-order valence-electron chi connectivity index (χ0n) is 12.8. The lowest BCUT2D eigenvalue weighted by atomic mass is 9.78. The van der Waals surface area contributed by atoms with Crippen LogP contribution in [0, 0.1) is 18.2 Å². The number of hydrogen-bond donors (Lipinski definition) is 2. The standard InChI is InChI=1S/C16H23FN2OS/c1-4-8-16(9-5-2,14(18)21)15(20)19-13-10-12(17)7-6-11(13)3/h6-7,10H,4-5,8-9H2,1-3H3,(H2,18,21)(H,19,20). The van der Waals surface area contributed by atoms with Gasteiger partial charge in [0.15, 0.2) is 0 Å². The van der Waals surface area contributed by atoms with E-state index in [9.17, 15) is 9.18 Å². The number of thiocarbonyl (C=S) groups is 1. The van der Waals surface area contributed by atoms with Crippen molar-refractivity contribution in [3.05, 3.63) is 29.6 Å². The van der Waals surface area contributed by atoms with Crippen molar-refractivity contribution in [2.24, 2.45) is 11.1 Å². The molecule has 3 nitrogen and oxygen atoms in total. The van der Waals surface area contributed by atoms with E-state index in [0.29, 0.717) is 18.5 Å². The number of rotatable bonds is 7. The number of carbonyl (C=O) groups excluding carboxylic acids is 1. The van der Waals surface area contributed by atoms with Crippen LogP contribution in [0.4, 0.5) is 10.1 Å². The molecule has 21 heavy (non-hydrogen) atoms. The smallest absolute Gasteiger partial charge is 0.237 e. The fourth-order valence-electron chi connectivity index (χ4n) is 2.53. The highest BCUT2D eigenvalue weighted by Gasteiger charge is 2.40. The molecule has 1 amide bonds. The number of nitrogens with two attached hydrogens (primary N) is 1. The Morgan fingerprint density at radius 3 is 2.38 bits per heavy atom. The van der Waals surface area contributed by atoms with Crippen molar-refractivity contribution >= 4 is 28.8 Å². The summed E-state index contributed by atoms with van der Waals surface area (Å²) in [4.78, 5) is 12.9. The van der Waals surface area contributed by atoms with E-state index in [-0.39, 0.29) is 16.7 Å². The van der Waals surface area contributed by atoms with Crippen LogP contribution in [0.25, 0.3) is 0 Å². The van der Waals surface area contributed by atoms with Crippen LogP contribution in [0.15, 0.2) is 18.2 Å². The second kappa shape index (κ2) is 7.50. The molecule has 0 atom stereocenters. The molecule has 0 heterocycles. The Morgan fingerprint density at radius 1 is 1.33 bits per heavy atom. The van der Waals surface area contributed by atoms with Crippen molar-refractivity contribution in [3.63, 3.8) is 0 Å². The van der Waals surface area contributed by atoms with Crippen LogP contribution in [-0.2, 0) is 4.79 Å². The predicted molar refractivity (Wildman–Crippen MR) is 88.8 cm³/mol. The molecule has 0 aromatic heterocycles. The minimum Gasteiger partial charge on any atom is -0.392 e. The van der Waals surface area contributed by atoms with E-state index in [1.54, 1.807) is 6.07 Å². The van der Waals surface area contributed by atoms with Gasteiger partial charge in [-0.3, -0.25) is 4.79 Å². The average Bonchev–Trinajstić information content (AvgIpc) is 2.42. The Hall–Kier alpha value is -1.49. The topological polar surface area (TPSA) is 55.1 Å². The average molecular weight is 310 g/mol. The maximum atomic E-state index is 13.3. The van der Waals surface area contributed by atoms with Crippen molar-refractivity contribution in [3.8, 4) is 0 Å². The number of hydrogen-bond acceptors (Lipinski definition) is 2. The zero-order chi connectivity index (χ0) is 16.0. The van der Waals surface area contributed by atoms with Crippen molar-refractivity contribution in [2.75, 3.05) is 5.32 Å². The summed E-state index contributed by atoms with van der Waals surface area (Å²) in [5, 5.41) is 2.80. The summed E-state index contributed by atoms with van der Waals surface area (Å²) in [7, 11) is 0. The van der Waals surface area contributed by atoms with Gasteiger partial charge in [-0.25, -0.2) is 4.39 Å². The molecule has 0 unspecified atom stereocenters. The van der Waals surface area contributed by atoms with E-state index in [4.69, 9.17) is 18.0 Å². The summed E-state index contributed by atoms with van der Waals surface area (Å²) in [5.41, 5.74) is 6.27. The third kappa shape index (κ3) is 4.00. The highest BCUT2D eigenvalue weighted by molar-refractivity contribution is 7.80. The third-order valence-corrected chi connectivity index (χ3v) is 4.10. The molecule has 0 aliphatic rings. The van der Waals surface area contributed by atoms with Gasteiger partial charge in [0.1, 0.15) is 5.82 Å². The van der Waals surface area contributed by atoms with Crippen molar-refractivity contribution in [1.29, 1.82) is 0 Å². The van der Waals surface area contributed by atoms with Crippen LogP contribution in [0.1, 0.15) is 45.1 Å². The summed E-state index contributed by atoms with van der Waals surface area (Å²) in [5.74, 6) is -0.629. The molecule has 0 radical (unpaired) electrons. The highest BCUT2D eigenvalue weighted by Crippen LogP contribution is 2.32. The Kier molecular flexibility index (Phi) is 6.27. The largest absolute Gasteiger partial charge is 0.392 e. The molecule has 0 aliphatic heterocycles. The second-order valence-electron chi connectivity index (χ2n) is 5.36. The molecule has 0 bridgehead atoms. The summed E-state index contributed by atoms with van der Waals surface area (Å²) in [6, 6.07) is 4.31. The maximum absolute atomic E-state index is 13.3. The van der Waals surface area contributed by atoms with Crippen molar-refractivity contribution in [1.82, 2.24) is 0 Å². The van der Waals surface area contributed by atoms with Gasteiger partial charge in [0.2, 0.25) is 5.91 Å². The van der Waals surface area contributed by atoms with Gasteiger partial charge in [-0.2, -0.15) is 0 Å². The molecule has 0 saturated heterocycles. The lowest BCUT2D eigenvalue weighted by Gasteiger charge is -2.31. The minimum atomic E-state index is -0.864. The summed E-state index contributed by atoms with van der Waals surface area (Å²) in [6.07, 6.45) is 2.78. The predicted octanol–water partition coefficient (Wildman–Crippen LogP) is 3.95. The lowest BCUT2D eigenvalue weighted by molar-refractivity contribution is -0.122. The molecule has 3 N–H and O–H groups in total. The summed E-state index contributed by atoms with van der Waals surface area (Å²) in [6.45, 7) is 5.80. The molecule has 1 rings (SSSR count). The van der Waals surface area contributed by atoms with Crippen LogP contribution in [0.5, 0.6) is 0 Å². The molecule has 0 aliphatic carbocycles. The van der Waals surface area contributed by atoms with Gasteiger partial charge in [0, 0.05) is 5.69 Å². The molecule has 116 valence electrons. The first-order valence-electron chi connectivity index (χ1n) is 7.25. The summed E-state index contributed by atoms with van der Waals surface area (Å²) >= 11 is 5.15. The van der Waals surface area contributed by atoms with E-state index < -0.39 is 5.41 Å². The van der Waals surface area contributed by atoms with Crippen molar-refractivity contribution in [2.45, 2.75) is 46.5 Å². The Balaban J connectivity index is 3.11. The first kappa shape index (κ1) is 17.6. The molecule has 1 aromatic carbocycles. The van der Waals surface area contributed by atoms with Crippen molar-refractivity contribution < 1.29 is 9.18 Å². The molecule has 0 fully saturated rings. The number of carbonyl (C=O) groups is 1. The fraction of sp³-hybridized carbons (Fsp3) is 0.500. The number of benzene rings is 1. The van der Waals surface area contributed by atoms with E-state index in [0.717, 1.165) is 18.4 Å². The van der Waals surface area contributed by atoms with Crippen LogP contribution >= 0.6 is 12.2 Å². The Labute approximate surface area is 131 Å². The first-order valence-corrected chi connectivity index (χ1v) is 7.65. The molecular formula is C16H23FN2OS. The number of halogens is 1. The number of nitrogens with one attached hydrogen (secondary N) is 1. The first-order chi connectivity index (χ1) is 9.87. The molecule has 0 saturated carbocycles.